The number of carbonyl (C=O) groups is 1. The Morgan fingerprint density at radius 3 is 2.10 bits per heavy atom. The van der Waals surface area contributed by atoms with Gasteiger partial charge < -0.3 is 10.1 Å². The van der Waals surface area contributed by atoms with E-state index in [4.69, 9.17) is 11.6 Å². The van der Waals surface area contributed by atoms with Gasteiger partial charge >= 0.3 is 6.36 Å². The number of ether oxygens (including phenoxy) is 1. The van der Waals surface area contributed by atoms with Crippen LogP contribution in [0, 0.1) is 0 Å². The molecule has 2 aromatic rings. The van der Waals surface area contributed by atoms with Gasteiger partial charge in [0.2, 0.25) is 0 Å². The van der Waals surface area contributed by atoms with Gasteiger partial charge in [0.1, 0.15) is 5.75 Å². The van der Waals surface area contributed by atoms with Crippen LogP contribution in [-0.2, 0) is 0 Å². The van der Waals surface area contributed by atoms with Crippen molar-refractivity contribution in [3.05, 3.63) is 59.1 Å². The molecule has 0 aliphatic heterocycles. The summed E-state index contributed by atoms with van der Waals surface area (Å²) in [6.07, 6.45) is -4.76. The average Bonchev–Trinajstić information content (AvgIpc) is 2.40. The zero-order valence-corrected chi connectivity index (χ0v) is 11.2. The van der Waals surface area contributed by atoms with E-state index in [0.29, 0.717) is 10.7 Å². The van der Waals surface area contributed by atoms with Crippen LogP contribution in [0.3, 0.4) is 0 Å². The summed E-state index contributed by atoms with van der Waals surface area (Å²) in [6.45, 7) is 0. The van der Waals surface area contributed by atoms with Gasteiger partial charge in [0.15, 0.2) is 0 Å². The summed E-state index contributed by atoms with van der Waals surface area (Å²) in [5, 5.41) is 3.12. The quantitative estimate of drug-likeness (QED) is 0.906. The summed E-state index contributed by atoms with van der Waals surface area (Å²) < 4.78 is 39.7. The molecule has 110 valence electrons. The summed E-state index contributed by atoms with van der Waals surface area (Å²) >= 11 is 5.72. The first kappa shape index (κ1) is 15.2. The van der Waals surface area contributed by atoms with Crippen LogP contribution in [0.15, 0.2) is 48.5 Å². The molecule has 0 aromatic heterocycles. The number of benzene rings is 2. The molecule has 2 rings (SSSR count). The molecule has 1 N–H and O–H groups in total. The Morgan fingerprint density at radius 1 is 1.00 bits per heavy atom. The Labute approximate surface area is 123 Å². The van der Waals surface area contributed by atoms with Gasteiger partial charge in [-0.15, -0.1) is 13.2 Å². The molecule has 2 aromatic carbocycles. The van der Waals surface area contributed by atoms with E-state index in [9.17, 15) is 18.0 Å². The van der Waals surface area contributed by atoms with Gasteiger partial charge in [-0.05, 0) is 48.5 Å². The molecule has 0 aliphatic rings. The lowest BCUT2D eigenvalue weighted by Crippen LogP contribution is -2.17. The van der Waals surface area contributed by atoms with E-state index in [2.05, 4.69) is 10.1 Å². The summed E-state index contributed by atoms with van der Waals surface area (Å²) in [7, 11) is 0. The maximum Gasteiger partial charge on any atom is 0.573 e. The van der Waals surface area contributed by atoms with Crippen molar-refractivity contribution in [3.63, 3.8) is 0 Å². The molecule has 0 heterocycles. The Bertz CT molecular complexity index is 624. The fourth-order valence-corrected chi connectivity index (χ4v) is 1.67. The van der Waals surface area contributed by atoms with Gasteiger partial charge in [-0.25, -0.2) is 0 Å². The number of anilines is 1. The van der Waals surface area contributed by atoms with Crippen LogP contribution in [0.25, 0.3) is 0 Å². The van der Waals surface area contributed by atoms with Crippen LogP contribution in [0.1, 0.15) is 10.4 Å². The molecule has 0 saturated carbocycles. The number of carbonyl (C=O) groups excluding carboxylic acids is 1. The van der Waals surface area contributed by atoms with E-state index < -0.39 is 12.3 Å². The molecule has 0 fully saturated rings. The molecule has 0 unspecified atom stereocenters. The van der Waals surface area contributed by atoms with Crippen LogP contribution >= 0.6 is 11.6 Å². The molecule has 7 heteroatoms. The zero-order valence-electron chi connectivity index (χ0n) is 10.4. The molecule has 21 heavy (non-hydrogen) atoms. The first-order valence-electron chi connectivity index (χ1n) is 5.76. The van der Waals surface area contributed by atoms with Gasteiger partial charge in [-0.2, -0.15) is 0 Å². The molecule has 0 aliphatic carbocycles. The molecule has 1 amide bonds. The minimum Gasteiger partial charge on any atom is -0.406 e. The molecule has 3 nitrogen and oxygen atoms in total. The maximum atomic E-state index is 12.0. The van der Waals surface area contributed by atoms with E-state index in [1.165, 1.54) is 12.1 Å². The molecular weight excluding hydrogens is 307 g/mol. The Hall–Kier alpha value is -2.21. The Morgan fingerprint density at radius 2 is 1.57 bits per heavy atom. The lowest BCUT2D eigenvalue weighted by Gasteiger charge is -2.09. The van der Waals surface area contributed by atoms with Crippen molar-refractivity contribution in [1.29, 1.82) is 0 Å². The number of rotatable bonds is 3. The van der Waals surface area contributed by atoms with Crippen molar-refractivity contribution in [2.24, 2.45) is 0 Å². The highest BCUT2D eigenvalue weighted by Crippen LogP contribution is 2.23. The van der Waals surface area contributed by atoms with E-state index in [-0.39, 0.29) is 11.3 Å². The minimum atomic E-state index is -4.76. The van der Waals surface area contributed by atoms with E-state index in [1.807, 2.05) is 0 Å². The van der Waals surface area contributed by atoms with Crippen LogP contribution in [0.2, 0.25) is 5.02 Å². The summed E-state index contributed by atoms with van der Waals surface area (Å²) in [5.74, 6) is -0.832. The van der Waals surface area contributed by atoms with Gasteiger partial charge in [0.25, 0.3) is 5.91 Å². The van der Waals surface area contributed by atoms with Gasteiger partial charge in [0, 0.05) is 16.3 Å². The molecule has 0 spiro atoms. The standard InChI is InChI=1S/C14H9ClF3NO2/c15-10-3-5-11(6-4-10)19-13(20)9-1-7-12(8-2-9)21-14(16,17)18/h1-8H,(H,19,20). The van der Waals surface area contributed by atoms with Crippen molar-refractivity contribution >= 4 is 23.2 Å². The van der Waals surface area contributed by atoms with E-state index in [1.54, 1.807) is 24.3 Å². The summed E-state index contributed by atoms with van der Waals surface area (Å²) in [6, 6.07) is 11.1. The highest BCUT2D eigenvalue weighted by Gasteiger charge is 2.31. The summed E-state index contributed by atoms with van der Waals surface area (Å²) in [4.78, 5) is 11.9. The zero-order chi connectivity index (χ0) is 15.5. The highest BCUT2D eigenvalue weighted by atomic mass is 35.5. The van der Waals surface area contributed by atoms with Crippen molar-refractivity contribution < 1.29 is 22.7 Å². The monoisotopic (exact) mass is 315 g/mol. The van der Waals surface area contributed by atoms with Crippen LogP contribution < -0.4 is 10.1 Å². The van der Waals surface area contributed by atoms with Gasteiger partial charge in [-0.1, -0.05) is 11.6 Å². The minimum absolute atomic E-state index is 0.208. The Balaban J connectivity index is 2.04. The van der Waals surface area contributed by atoms with Crippen molar-refractivity contribution in [1.82, 2.24) is 0 Å². The SMILES string of the molecule is O=C(Nc1ccc(Cl)cc1)c1ccc(OC(F)(F)F)cc1. The maximum absolute atomic E-state index is 12.0. The molecule has 0 saturated heterocycles. The second-order valence-electron chi connectivity index (χ2n) is 4.03. The molecule has 0 radical (unpaired) electrons. The molecular formula is C14H9ClF3NO2. The Kier molecular flexibility index (Phi) is 4.37. The fourth-order valence-electron chi connectivity index (χ4n) is 1.54. The third-order valence-electron chi connectivity index (χ3n) is 2.45. The number of halogens is 4. The van der Waals surface area contributed by atoms with Crippen molar-refractivity contribution in [2.45, 2.75) is 6.36 Å². The number of nitrogens with one attached hydrogen (secondary N) is 1. The van der Waals surface area contributed by atoms with Gasteiger partial charge in [0.05, 0.1) is 0 Å². The average molecular weight is 316 g/mol. The second kappa shape index (κ2) is 6.05. The fraction of sp³-hybridized carbons (Fsp3) is 0.0714. The number of amides is 1. The first-order chi connectivity index (χ1) is 9.83. The topological polar surface area (TPSA) is 38.3 Å². The first-order valence-corrected chi connectivity index (χ1v) is 6.14. The predicted octanol–water partition coefficient (Wildman–Crippen LogP) is 4.49. The normalized spacial score (nSPS) is 11.0. The van der Waals surface area contributed by atoms with E-state index in [0.717, 1.165) is 12.1 Å². The number of hydrogen-bond donors (Lipinski definition) is 1. The predicted molar refractivity (Wildman–Crippen MR) is 72.5 cm³/mol. The van der Waals surface area contributed by atoms with Crippen LogP contribution in [0.4, 0.5) is 18.9 Å². The third-order valence-corrected chi connectivity index (χ3v) is 2.70. The molecule has 0 bridgehead atoms. The van der Waals surface area contributed by atoms with Gasteiger partial charge in [-0.3, -0.25) is 4.79 Å². The smallest absolute Gasteiger partial charge is 0.406 e. The van der Waals surface area contributed by atoms with Crippen molar-refractivity contribution in [3.8, 4) is 5.75 Å². The van der Waals surface area contributed by atoms with E-state index >= 15 is 0 Å². The van der Waals surface area contributed by atoms with Crippen molar-refractivity contribution in [2.75, 3.05) is 5.32 Å². The lowest BCUT2D eigenvalue weighted by atomic mass is 10.2. The molecule has 0 atom stereocenters. The largest absolute Gasteiger partial charge is 0.573 e. The highest BCUT2D eigenvalue weighted by molar-refractivity contribution is 6.30. The lowest BCUT2D eigenvalue weighted by molar-refractivity contribution is -0.274. The number of hydrogen-bond acceptors (Lipinski definition) is 2. The second-order valence-corrected chi connectivity index (χ2v) is 4.47. The number of alkyl halides is 3. The summed E-state index contributed by atoms with van der Waals surface area (Å²) in [5.41, 5.74) is 0.736. The van der Waals surface area contributed by atoms with Crippen LogP contribution in [0.5, 0.6) is 5.75 Å². The van der Waals surface area contributed by atoms with Crippen LogP contribution in [-0.4, -0.2) is 12.3 Å². The third kappa shape index (κ3) is 4.68.